The van der Waals surface area contributed by atoms with Crippen LogP contribution in [-0.4, -0.2) is 134 Å². The molecule has 0 unspecified atom stereocenters. The van der Waals surface area contributed by atoms with Crippen LogP contribution in [0.3, 0.4) is 0 Å². The Hall–Kier alpha value is -5.42. The molecule has 6 saturated heterocycles. The minimum Gasteiger partial charge on any atom is -0.373 e. The van der Waals surface area contributed by atoms with Gasteiger partial charge in [0, 0.05) is 83.4 Å². The van der Waals surface area contributed by atoms with E-state index >= 15 is 0 Å². The van der Waals surface area contributed by atoms with Crippen LogP contribution in [0.5, 0.6) is 0 Å². The smallest absolute Gasteiger partial charge is 0.243 e. The van der Waals surface area contributed by atoms with Gasteiger partial charge in [-0.15, -0.1) is 0 Å². The lowest BCUT2D eigenvalue weighted by Crippen LogP contribution is -2.69. The fourth-order valence-electron chi connectivity index (χ4n) is 18.5. The minimum absolute atomic E-state index is 0.0503. The largest absolute Gasteiger partial charge is 0.373 e. The number of benzene rings is 2. The lowest BCUT2D eigenvalue weighted by atomic mass is 9.53. The molecule has 4 bridgehead atoms. The number of carbonyl (C=O) groups is 6. The normalized spacial score (nSPS) is 33.6. The molecule has 2 aromatic carbocycles. The zero-order valence-corrected chi connectivity index (χ0v) is 45.2. The fraction of sp³-hybridized carbons (Fsp3) is 0.645. The number of amides is 6. The van der Waals surface area contributed by atoms with Crippen molar-refractivity contribution in [2.45, 2.75) is 176 Å². The van der Waals surface area contributed by atoms with Crippen molar-refractivity contribution in [2.24, 2.45) is 23.7 Å². The van der Waals surface area contributed by atoms with E-state index in [0.29, 0.717) is 74.2 Å². The fourth-order valence-corrected chi connectivity index (χ4v) is 18.5. The average Bonchev–Trinajstić information content (AvgIpc) is 4.24. The Bertz CT molecular complexity index is 2680. The van der Waals surface area contributed by atoms with Crippen molar-refractivity contribution in [2.75, 3.05) is 72.9 Å². The van der Waals surface area contributed by atoms with Gasteiger partial charge in [0.1, 0.15) is 0 Å². The molecule has 2 aromatic rings. The van der Waals surface area contributed by atoms with E-state index in [2.05, 4.69) is 65.2 Å². The number of piperidine rings is 4. The SMILES string of the molecule is O=C(CCCCCCCCCCCCCCC(=O)NCC(=O)Nc1ccc2c(c1)[C@@]13CCN4CC5=CCO[C@H]6CC(=O)N2[C@H]1[C@H]6[C@H]5C[C@H]43)NCC(=O)Nc1ccc2c(c1)[C@@]13CCN4CC5=CCO[C@H]6CC(=O)N2[C@H]1[C@H]6[C@H]5C[C@H]43. The van der Waals surface area contributed by atoms with Crippen LogP contribution >= 0.6 is 0 Å². The molecule has 2 spiro atoms. The van der Waals surface area contributed by atoms with E-state index in [1.165, 1.54) is 48.0 Å². The van der Waals surface area contributed by atoms with Crippen LogP contribution in [0.25, 0.3) is 0 Å². The van der Waals surface area contributed by atoms with Crippen molar-refractivity contribution in [1.82, 2.24) is 20.4 Å². The van der Waals surface area contributed by atoms with Gasteiger partial charge in [0.05, 0.1) is 63.4 Å². The molecule has 12 atom stereocenters. The molecule has 414 valence electrons. The molecule has 16 nitrogen and oxygen atoms in total. The first-order chi connectivity index (χ1) is 38.1. The van der Waals surface area contributed by atoms with Crippen LogP contribution in [0.2, 0.25) is 0 Å². The van der Waals surface area contributed by atoms with E-state index in [1.54, 1.807) is 0 Å². The highest BCUT2D eigenvalue weighted by atomic mass is 16.5. The highest BCUT2D eigenvalue weighted by molar-refractivity contribution is 6.02. The van der Waals surface area contributed by atoms with Crippen LogP contribution in [-0.2, 0) is 49.1 Å². The van der Waals surface area contributed by atoms with E-state index in [1.807, 2.05) is 24.3 Å². The first-order valence-corrected chi connectivity index (χ1v) is 30.3. The molecule has 4 N–H and O–H groups in total. The van der Waals surface area contributed by atoms with Crippen molar-refractivity contribution in [3.05, 3.63) is 70.8 Å². The zero-order chi connectivity index (χ0) is 52.9. The molecular formula is C62H78N8O8. The van der Waals surface area contributed by atoms with Gasteiger partial charge < -0.3 is 40.5 Å². The third-order valence-corrected chi connectivity index (χ3v) is 21.6. The van der Waals surface area contributed by atoms with Gasteiger partial charge in [0.2, 0.25) is 35.4 Å². The summed E-state index contributed by atoms with van der Waals surface area (Å²) in [6, 6.07) is 13.0. The summed E-state index contributed by atoms with van der Waals surface area (Å²) in [5.74, 6) is 1.08. The van der Waals surface area contributed by atoms with Crippen molar-refractivity contribution < 1.29 is 38.2 Å². The molecule has 6 amide bonds. The Morgan fingerprint density at radius 3 is 1.37 bits per heavy atom. The van der Waals surface area contributed by atoms with E-state index in [9.17, 15) is 28.8 Å². The second-order valence-electron chi connectivity index (χ2n) is 25.4. The van der Waals surface area contributed by atoms with Crippen LogP contribution in [0, 0.1) is 23.7 Å². The summed E-state index contributed by atoms with van der Waals surface area (Å²) in [6.07, 6.45) is 23.2. The maximum atomic E-state index is 13.8. The molecular weight excluding hydrogens is 985 g/mol. The van der Waals surface area contributed by atoms with Crippen molar-refractivity contribution >= 4 is 58.2 Å². The van der Waals surface area contributed by atoms with Gasteiger partial charge in [-0.25, -0.2) is 0 Å². The quantitative estimate of drug-likeness (QED) is 0.0770. The second-order valence-corrected chi connectivity index (χ2v) is 25.4. The van der Waals surface area contributed by atoms with Gasteiger partial charge in [0.15, 0.2) is 0 Å². The van der Waals surface area contributed by atoms with Gasteiger partial charge in [0.25, 0.3) is 0 Å². The Morgan fingerprint density at radius 2 is 0.949 bits per heavy atom. The van der Waals surface area contributed by atoms with Crippen molar-refractivity contribution in [3.63, 3.8) is 0 Å². The summed E-state index contributed by atoms with van der Waals surface area (Å²) >= 11 is 0. The Morgan fingerprint density at radius 1 is 0.538 bits per heavy atom. The van der Waals surface area contributed by atoms with Gasteiger partial charge in [-0.1, -0.05) is 87.5 Å². The summed E-state index contributed by atoms with van der Waals surface area (Å²) in [5.41, 5.74) is 8.46. The van der Waals surface area contributed by atoms with Gasteiger partial charge in [-0.05, 0) is 111 Å². The molecule has 16 heteroatoms. The number of fused-ring (bicyclic) bond motifs is 4. The molecule has 2 saturated carbocycles. The second kappa shape index (κ2) is 20.3. The Labute approximate surface area is 458 Å². The first-order valence-electron chi connectivity index (χ1n) is 30.3. The number of hydrogen-bond donors (Lipinski definition) is 4. The van der Waals surface area contributed by atoms with Crippen LogP contribution < -0.4 is 31.1 Å². The monoisotopic (exact) mass is 1060 g/mol. The Kier molecular flexibility index (Phi) is 13.2. The number of nitrogens with one attached hydrogen (secondary N) is 4. The van der Waals surface area contributed by atoms with Crippen molar-refractivity contribution in [1.29, 1.82) is 0 Å². The lowest BCUT2D eigenvalue weighted by molar-refractivity contribution is -0.133. The number of anilines is 4. The van der Waals surface area contributed by atoms with Gasteiger partial charge >= 0.3 is 0 Å². The molecule has 12 aliphatic rings. The molecule has 10 heterocycles. The number of carbonyl (C=O) groups excluding carboxylic acids is 6. The summed E-state index contributed by atoms with van der Waals surface area (Å²) in [6.45, 7) is 5.03. The third-order valence-electron chi connectivity index (χ3n) is 21.6. The number of nitrogens with zero attached hydrogens (tertiary/aromatic N) is 4. The summed E-state index contributed by atoms with van der Waals surface area (Å²) in [7, 11) is 0. The number of unbranched alkanes of at least 4 members (excludes halogenated alkanes) is 11. The predicted octanol–water partition coefficient (Wildman–Crippen LogP) is 6.77. The van der Waals surface area contributed by atoms with Crippen LogP contribution in [0.15, 0.2) is 59.7 Å². The van der Waals surface area contributed by atoms with Crippen LogP contribution in [0.4, 0.5) is 22.7 Å². The topological polar surface area (TPSA) is 182 Å². The summed E-state index contributed by atoms with van der Waals surface area (Å²) < 4.78 is 12.8. The van der Waals surface area contributed by atoms with Gasteiger partial charge in [-0.2, -0.15) is 0 Å². The first kappa shape index (κ1) is 50.8. The van der Waals surface area contributed by atoms with E-state index in [-0.39, 0.29) is 95.5 Å². The molecule has 14 rings (SSSR count). The molecule has 0 aromatic heterocycles. The maximum absolute atomic E-state index is 13.8. The molecule has 10 aliphatic heterocycles. The number of ether oxygens (including phenoxy) is 2. The highest BCUT2D eigenvalue weighted by Gasteiger charge is 2.73. The van der Waals surface area contributed by atoms with E-state index in [4.69, 9.17) is 9.47 Å². The predicted molar refractivity (Wildman–Crippen MR) is 295 cm³/mol. The van der Waals surface area contributed by atoms with Gasteiger partial charge in [-0.3, -0.25) is 38.6 Å². The molecule has 78 heavy (non-hydrogen) atoms. The maximum Gasteiger partial charge on any atom is 0.243 e. The van der Waals surface area contributed by atoms with Crippen LogP contribution in [0.1, 0.15) is 140 Å². The zero-order valence-electron chi connectivity index (χ0n) is 45.2. The molecule has 0 radical (unpaired) electrons. The van der Waals surface area contributed by atoms with E-state index < -0.39 is 0 Å². The lowest BCUT2D eigenvalue weighted by Gasteiger charge is -2.58. The number of hydrogen-bond acceptors (Lipinski definition) is 10. The standard InChI is InChI=1S/C62H78N8O8/c71-51(63-33-53(73)65-39-15-17-45-43(27-39)61-21-23-67-35-37-19-25-77-47-31-55(75)69(45)59(61)57(47)41(37)29-49(61)67)13-11-9-7-5-3-1-2-4-6-8-10-12-14-52(72)64-34-54(74)66-40-16-18-46-44(28-40)62-22-24-68-36-38-20-26-78-48-32-56(76)70(46)60(62)58(48)42(38)30-50(62)68/h15-20,27-28,41-42,47-50,57-60H,1-14,21-26,29-36H2,(H,63,71)(H,64,72)(H,65,73)(H,66,74)/t41-,42-,47-,48-,49-,50-,57-,58-,59-,60-,61+,62+/m0/s1. The third kappa shape index (κ3) is 8.24. The highest BCUT2D eigenvalue weighted by Crippen LogP contribution is 2.68. The Balaban J connectivity index is 0.447. The van der Waals surface area contributed by atoms with Crippen molar-refractivity contribution in [3.8, 4) is 0 Å². The molecule has 2 aliphatic carbocycles. The molecule has 8 fully saturated rings. The van der Waals surface area contributed by atoms with E-state index in [0.717, 1.165) is 115 Å². The summed E-state index contributed by atoms with van der Waals surface area (Å²) in [5, 5.41) is 11.8. The number of rotatable bonds is 21. The minimum atomic E-state index is -0.246. The average molecular weight is 1060 g/mol. The summed E-state index contributed by atoms with van der Waals surface area (Å²) in [4.78, 5) is 88.8.